The number of allylic oxidation sites excluding steroid dienone is 3. The Balaban J connectivity index is 0. The van der Waals surface area contributed by atoms with Crippen LogP contribution in [0, 0.1) is 5.92 Å². The molecule has 8 heteroatoms. The fraction of sp³-hybridized carbons (Fsp3) is 0.786. The summed E-state index contributed by atoms with van der Waals surface area (Å²) in [6.07, 6.45) is 9.67. The largest absolute Gasteiger partial charge is 0.348 e. The van der Waals surface area contributed by atoms with Crippen LogP contribution in [0.4, 0.5) is 4.39 Å². The molecule has 3 N–H and O–H groups in total. The van der Waals surface area contributed by atoms with E-state index in [1.54, 1.807) is 13.0 Å². The molecule has 0 bridgehead atoms. The lowest BCUT2D eigenvalue weighted by Crippen LogP contribution is -2.52. The van der Waals surface area contributed by atoms with Crippen molar-refractivity contribution in [3.63, 3.8) is 0 Å². The molecule has 0 aliphatic carbocycles. The van der Waals surface area contributed by atoms with Gasteiger partial charge in [0.25, 0.3) is 5.91 Å². The number of hydrazone groups is 1. The third-order valence-electron chi connectivity index (χ3n) is 5.84. The number of carbonyl (C=O) groups excluding carboxylic acids is 1. The van der Waals surface area contributed by atoms with Crippen LogP contribution >= 0.6 is 0 Å². The van der Waals surface area contributed by atoms with Crippen molar-refractivity contribution in [3.8, 4) is 0 Å². The van der Waals surface area contributed by atoms with Gasteiger partial charge in [-0.3, -0.25) is 4.79 Å². The number of piperidine rings is 2. The van der Waals surface area contributed by atoms with Crippen molar-refractivity contribution in [2.75, 3.05) is 60.0 Å². The average Bonchev–Trinajstić information content (AvgIpc) is 2.90. The van der Waals surface area contributed by atoms with E-state index >= 15 is 0 Å². The van der Waals surface area contributed by atoms with Gasteiger partial charge in [-0.2, -0.15) is 5.10 Å². The second-order valence-corrected chi connectivity index (χ2v) is 9.12. The Morgan fingerprint density at radius 1 is 1.14 bits per heavy atom. The van der Waals surface area contributed by atoms with Crippen LogP contribution in [0.5, 0.6) is 0 Å². The molecular formula is C28H57FN6O. The van der Waals surface area contributed by atoms with E-state index < -0.39 is 0 Å². The number of nitrogens with zero attached hydrogens (tertiary/aromatic N) is 3. The summed E-state index contributed by atoms with van der Waals surface area (Å²) in [4.78, 5) is 17.4. The lowest BCUT2D eigenvalue weighted by molar-refractivity contribution is -0.115. The molecule has 0 aromatic heterocycles. The third-order valence-corrected chi connectivity index (χ3v) is 5.84. The van der Waals surface area contributed by atoms with Crippen molar-refractivity contribution in [2.24, 2.45) is 11.0 Å². The van der Waals surface area contributed by atoms with Crippen LogP contribution in [0.3, 0.4) is 0 Å². The highest BCUT2D eigenvalue weighted by atomic mass is 19.1. The molecule has 2 saturated heterocycles. The van der Waals surface area contributed by atoms with Crippen molar-refractivity contribution < 1.29 is 9.18 Å². The summed E-state index contributed by atoms with van der Waals surface area (Å²) in [6.45, 7) is 21.0. The predicted molar refractivity (Wildman–Crippen MR) is 155 cm³/mol. The predicted octanol–water partition coefficient (Wildman–Crippen LogP) is 4.23. The molecule has 0 aromatic carbocycles. The summed E-state index contributed by atoms with van der Waals surface area (Å²) in [5, 5.41) is 10.3. The van der Waals surface area contributed by atoms with Gasteiger partial charge in [0.2, 0.25) is 0 Å². The Bertz CT molecular complexity index is 581. The number of carbonyl (C=O) groups is 1. The molecule has 0 saturated carbocycles. The standard InChI is InChI=1S/C17H34N6O.C5H10.C4H7F.C2H6/c1-4-19-21-16(13-18-2)17(24)20-14-5-11-23(12-6-14)15-7-9-22(3)10-8-15;1-4-5(2)3;1-2-3-4-5;1-2/h14-15,18-19H,4-13H2,1-3H3,(H,20,24);4-5H,1H2,2-3H3;2-3H,4H2,1H3;1-2H3/b21-16+;;3-2-;. The number of nitrogens with one attached hydrogen (secondary N) is 3. The quantitative estimate of drug-likeness (QED) is 0.245. The van der Waals surface area contributed by atoms with E-state index in [1.807, 2.05) is 33.9 Å². The minimum absolute atomic E-state index is 0.0527. The van der Waals surface area contributed by atoms with Gasteiger partial charge < -0.3 is 25.9 Å². The number of alkyl halides is 1. The summed E-state index contributed by atoms with van der Waals surface area (Å²) in [7, 11) is 4.03. The van der Waals surface area contributed by atoms with Crippen LogP contribution in [0.1, 0.15) is 67.2 Å². The fourth-order valence-electron chi connectivity index (χ4n) is 3.64. The highest BCUT2D eigenvalue weighted by molar-refractivity contribution is 6.39. The number of likely N-dealkylation sites (tertiary alicyclic amines) is 2. The fourth-order valence-corrected chi connectivity index (χ4v) is 3.64. The van der Waals surface area contributed by atoms with Crippen LogP contribution in [-0.4, -0.2) is 93.5 Å². The topological polar surface area (TPSA) is 72.0 Å². The molecule has 2 fully saturated rings. The Labute approximate surface area is 222 Å². The summed E-state index contributed by atoms with van der Waals surface area (Å²) in [6, 6.07) is 0.997. The van der Waals surface area contributed by atoms with E-state index in [-0.39, 0.29) is 18.6 Å². The summed E-state index contributed by atoms with van der Waals surface area (Å²) in [5.41, 5.74) is 3.40. The van der Waals surface area contributed by atoms with Gasteiger partial charge in [0.15, 0.2) is 0 Å². The highest BCUT2D eigenvalue weighted by Gasteiger charge is 2.28. The minimum Gasteiger partial charge on any atom is -0.348 e. The van der Waals surface area contributed by atoms with Gasteiger partial charge in [0.05, 0.1) is 0 Å². The van der Waals surface area contributed by atoms with Gasteiger partial charge in [-0.15, -0.1) is 6.58 Å². The lowest BCUT2D eigenvalue weighted by atomic mass is 9.98. The maximum absolute atomic E-state index is 12.4. The van der Waals surface area contributed by atoms with E-state index in [0.717, 1.165) is 38.5 Å². The SMILES string of the molecule is C/C=C\CF.C=CC(C)C.CC.CCN/N=C(\CNC)C(=O)NC1CCN(C2CCN(C)CC2)CC1. The normalized spacial score (nSPS) is 17.8. The van der Waals surface area contributed by atoms with Gasteiger partial charge in [-0.25, -0.2) is 4.39 Å². The maximum atomic E-state index is 12.4. The van der Waals surface area contributed by atoms with Crippen LogP contribution in [0.25, 0.3) is 0 Å². The van der Waals surface area contributed by atoms with Gasteiger partial charge in [0.1, 0.15) is 12.4 Å². The first kappa shape index (κ1) is 36.4. The molecule has 2 aliphatic rings. The van der Waals surface area contributed by atoms with Gasteiger partial charge in [-0.05, 0) is 72.6 Å². The first-order valence-electron chi connectivity index (χ1n) is 13.8. The Morgan fingerprint density at radius 2 is 1.69 bits per heavy atom. The second-order valence-electron chi connectivity index (χ2n) is 9.12. The molecule has 1 amide bonds. The molecule has 0 spiro atoms. The van der Waals surface area contributed by atoms with Gasteiger partial charge in [-0.1, -0.05) is 45.9 Å². The molecule has 7 nitrogen and oxygen atoms in total. The third kappa shape index (κ3) is 18.5. The van der Waals surface area contributed by atoms with Gasteiger partial charge >= 0.3 is 0 Å². The average molecular weight is 513 g/mol. The molecule has 0 unspecified atom stereocenters. The Morgan fingerprint density at radius 3 is 2.08 bits per heavy atom. The number of hydrogen-bond donors (Lipinski definition) is 3. The molecule has 2 heterocycles. The Hall–Kier alpha value is -1.77. The number of halogens is 1. The number of hydrogen-bond acceptors (Lipinski definition) is 6. The molecule has 0 atom stereocenters. The highest BCUT2D eigenvalue weighted by Crippen LogP contribution is 2.20. The van der Waals surface area contributed by atoms with Crippen molar-refractivity contribution >= 4 is 11.6 Å². The van der Waals surface area contributed by atoms with E-state index in [0.29, 0.717) is 18.2 Å². The summed E-state index contributed by atoms with van der Waals surface area (Å²) in [5.74, 6) is 0.595. The van der Waals surface area contributed by atoms with Crippen molar-refractivity contribution in [1.29, 1.82) is 0 Å². The number of amides is 1. The number of rotatable bonds is 9. The van der Waals surface area contributed by atoms with Crippen LogP contribution in [-0.2, 0) is 4.79 Å². The van der Waals surface area contributed by atoms with Crippen LogP contribution in [0.15, 0.2) is 29.9 Å². The van der Waals surface area contributed by atoms with Crippen LogP contribution < -0.4 is 16.1 Å². The van der Waals surface area contributed by atoms with Gasteiger partial charge in [0, 0.05) is 38.3 Å². The van der Waals surface area contributed by atoms with E-state index in [1.165, 1.54) is 32.0 Å². The first-order valence-corrected chi connectivity index (χ1v) is 13.8. The van der Waals surface area contributed by atoms with E-state index in [4.69, 9.17) is 0 Å². The molecule has 2 aliphatic heterocycles. The summed E-state index contributed by atoms with van der Waals surface area (Å²) >= 11 is 0. The Kier molecular flexibility index (Phi) is 25.2. The first-order chi connectivity index (χ1) is 17.3. The lowest BCUT2D eigenvalue weighted by Gasteiger charge is -2.41. The molecule has 36 heavy (non-hydrogen) atoms. The zero-order valence-corrected chi connectivity index (χ0v) is 24.6. The van der Waals surface area contributed by atoms with Crippen molar-refractivity contribution in [2.45, 2.75) is 79.3 Å². The van der Waals surface area contributed by atoms with Crippen molar-refractivity contribution in [3.05, 3.63) is 24.8 Å². The van der Waals surface area contributed by atoms with Crippen LogP contribution in [0.2, 0.25) is 0 Å². The molecule has 0 aromatic rings. The molecule has 212 valence electrons. The zero-order valence-electron chi connectivity index (χ0n) is 24.6. The van der Waals surface area contributed by atoms with E-state index in [9.17, 15) is 9.18 Å². The zero-order chi connectivity index (χ0) is 27.8. The molecule has 0 radical (unpaired) electrons. The van der Waals surface area contributed by atoms with Crippen molar-refractivity contribution in [1.82, 2.24) is 25.9 Å². The monoisotopic (exact) mass is 512 g/mol. The molecular weight excluding hydrogens is 455 g/mol. The summed E-state index contributed by atoms with van der Waals surface area (Å²) < 4.78 is 10.9. The smallest absolute Gasteiger partial charge is 0.269 e. The van der Waals surface area contributed by atoms with E-state index in [2.05, 4.69) is 58.4 Å². The molecule has 2 rings (SSSR count). The maximum Gasteiger partial charge on any atom is 0.269 e. The minimum atomic E-state index is -0.337. The second kappa shape index (κ2) is 24.9.